The van der Waals surface area contributed by atoms with Crippen molar-refractivity contribution in [1.29, 1.82) is 0 Å². The molecule has 0 aliphatic heterocycles. The van der Waals surface area contributed by atoms with Crippen molar-refractivity contribution in [2.24, 2.45) is 0 Å². The molecule has 0 saturated carbocycles. The van der Waals surface area contributed by atoms with E-state index in [1.54, 1.807) is 0 Å². The van der Waals surface area contributed by atoms with Crippen LogP contribution >= 0.6 is 0 Å². The predicted molar refractivity (Wildman–Crippen MR) is 80.1 cm³/mol. The zero-order valence-electron chi connectivity index (χ0n) is 12.6. The van der Waals surface area contributed by atoms with Crippen molar-refractivity contribution in [3.8, 4) is 0 Å². The summed E-state index contributed by atoms with van der Waals surface area (Å²) in [5.41, 5.74) is 3.01. The summed E-state index contributed by atoms with van der Waals surface area (Å²) in [5, 5.41) is 11.5. The molecule has 0 saturated heterocycles. The van der Waals surface area contributed by atoms with Gasteiger partial charge in [0, 0.05) is 12.1 Å². The van der Waals surface area contributed by atoms with E-state index < -0.39 is 5.97 Å². The van der Waals surface area contributed by atoms with Crippen molar-refractivity contribution >= 4 is 17.6 Å². The highest BCUT2D eigenvalue weighted by Crippen LogP contribution is 2.32. The Bertz CT molecular complexity index is 466. The Morgan fingerprint density at radius 2 is 1.55 bits per heavy atom. The van der Waals surface area contributed by atoms with Gasteiger partial charge in [-0.3, -0.25) is 9.59 Å². The van der Waals surface area contributed by atoms with Gasteiger partial charge < -0.3 is 10.4 Å². The average Bonchev–Trinajstić information content (AvgIpc) is 2.36. The van der Waals surface area contributed by atoms with Crippen LogP contribution in [-0.2, 0) is 9.59 Å². The molecule has 0 heterocycles. The van der Waals surface area contributed by atoms with Crippen molar-refractivity contribution in [3.63, 3.8) is 0 Å². The van der Waals surface area contributed by atoms with Crippen LogP contribution in [0.4, 0.5) is 5.69 Å². The molecule has 0 atom stereocenters. The lowest BCUT2D eigenvalue weighted by atomic mass is 9.92. The minimum Gasteiger partial charge on any atom is -0.481 e. The lowest BCUT2D eigenvalue weighted by Gasteiger charge is -2.20. The molecule has 1 aromatic carbocycles. The summed E-state index contributed by atoms with van der Waals surface area (Å²) in [6.07, 6.45) is -0.147. The van der Waals surface area contributed by atoms with Crippen LogP contribution in [0.25, 0.3) is 0 Å². The Morgan fingerprint density at radius 3 is 1.95 bits per heavy atom. The number of hydrogen-bond acceptors (Lipinski definition) is 2. The van der Waals surface area contributed by atoms with E-state index in [1.807, 2.05) is 18.2 Å². The molecular weight excluding hydrogens is 254 g/mol. The molecule has 2 N–H and O–H groups in total. The number of benzene rings is 1. The second-order valence-corrected chi connectivity index (χ2v) is 5.56. The van der Waals surface area contributed by atoms with Gasteiger partial charge in [0.1, 0.15) is 0 Å². The lowest BCUT2D eigenvalue weighted by molar-refractivity contribution is -0.138. The molecule has 0 aromatic heterocycles. The molecule has 0 aliphatic carbocycles. The number of amides is 1. The Kier molecular flexibility index (Phi) is 5.74. The SMILES string of the molecule is CC(C)c1cccc(C(C)C)c1NC(=O)CCC(=O)O. The largest absolute Gasteiger partial charge is 0.481 e. The van der Waals surface area contributed by atoms with Crippen LogP contribution in [0.1, 0.15) is 63.5 Å². The second kappa shape index (κ2) is 7.08. The Balaban J connectivity index is 3.01. The van der Waals surface area contributed by atoms with Crippen LogP contribution < -0.4 is 5.32 Å². The molecule has 110 valence electrons. The maximum Gasteiger partial charge on any atom is 0.303 e. The number of carbonyl (C=O) groups excluding carboxylic acids is 1. The molecule has 1 rings (SSSR count). The summed E-state index contributed by atoms with van der Waals surface area (Å²) in [6.45, 7) is 8.30. The summed E-state index contributed by atoms with van der Waals surface area (Å²) in [6, 6.07) is 6.00. The normalized spacial score (nSPS) is 10.9. The highest BCUT2D eigenvalue weighted by atomic mass is 16.4. The summed E-state index contributed by atoms with van der Waals surface area (Å²) in [4.78, 5) is 22.4. The van der Waals surface area contributed by atoms with Crippen LogP contribution in [0.5, 0.6) is 0 Å². The summed E-state index contributed by atoms with van der Waals surface area (Å²) < 4.78 is 0. The Hall–Kier alpha value is -1.84. The smallest absolute Gasteiger partial charge is 0.303 e. The molecule has 0 spiro atoms. The van der Waals surface area contributed by atoms with Gasteiger partial charge in [-0.05, 0) is 23.0 Å². The van der Waals surface area contributed by atoms with Gasteiger partial charge >= 0.3 is 5.97 Å². The van der Waals surface area contributed by atoms with Gasteiger partial charge in [0.2, 0.25) is 5.91 Å². The fourth-order valence-electron chi connectivity index (χ4n) is 2.12. The zero-order valence-corrected chi connectivity index (χ0v) is 12.6. The number of rotatable bonds is 6. The monoisotopic (exact) mass is 277 g/mol. The fourth-order valence-corrected chi connectivity index (χ4v) is 2.12. The van der Waals surface area contributed by atoms with Gasteiger partial charge in [0.25, 0.3) is 0 Å². The Labute approximate surface area is 120 Å². The number of aliphatic carboxylic acids is 1. The predicted octanol–water partition coefficient (Wildman–Crippen LogP) is 3.74. The topological polar surface area (TPSA) is 66.4 Å². The molecule has 20 heavy (non-hydrogen) atoms. The number of anilines is 1. The molecule has 4 nitrogen and oxygen atoms in total. The first-order valence-electron chi connectivity index (χ1n) is 6.97. The third kappa shape index (κ3) is 4.37. The van der Waals surface area contributed by atoms with E-state index in [0.717, 1.165) is 16.8 Å². The molecule has 0 unspecified atom stereocenters. The van der Waals surface area contributed by atoms with Crippen molar-refractivity contribution in [2.75, 3.05) is 5.32 Å². The first-order valence-corrected chi connectivity index (χ1v) is 6.97. The van der Waals surface area contributed by atoms with Crippen LogP contribution in [-0.4, -0.2) is 17.0 Å². The van der Waals surface area contributed by atoms with Crippen molar-refractivity contribution in [1.82, 2.24) is 0 Å². The average molecular weight is 277 g/mol. The maximum atomic E-state index is 11.9. The highest BCUT2D eigenvalue weighted by Gasteiger charge is 2.16. The van der Waals surface area contributed by atoms with Gasteiger partial charge in [-0.2, -0.15) is 0 Å². The quantitative estimate of drug-likeness (QED) is 0.832. The zero-order chi connectivity index (χ0) is 15.3. The number of carboxylic acid groups (broad SMARTS) is 1. The molecule has 0 bridgehead atoms. The standard InChI is InChI=1S/C16H23NO3/c1-10(2)12-6-5-7-13(11(3)4)16(12)17-14(18)8-9-15(19)20/h5-7,10-11H,8-9H2,1-4H3,(H,17,18)(H,19,20). The van der Waals surface area contributed by atoms with E-state index in [-0.39, 0.29) is 18.7 Å². The maximum absolute atomic E-state index is 11.9. The van der Waals surface area contributed by atoms with E-state index in [9.17, 15) is 9.59 Å². The lowest BCUT2D eigenvalue weighted by Crippen LogP contribution is -2.16. The molecule has 4 heteroatoms. The molecule has 0 radical (unpaired) electrons. The minimum atomic E-state index is -0.957. The number of para-hydroxylation sites is 1. The Morgan fingerprint density at radius 1 is 1.05 bits per heavy atom. The first kappa shape index (κ1) is 16.2. The number of carbonyl (C=O) groups is 2. The van der Waals surface area contributed by atoms with Gasteiger partial charge in [0.15, 0.2) is 0 Å². The number of nitrogens with one attached hydrogen (secondary N) is 1. The van der Waals surface area contributed by atoms with Crippen LogP contribution in [0.15, 0.2) is 18.2 Å². The third-order valence-corrected chi connectivity index (χ3v) is 3.20. The third-order valence-electron chi connectivity index (χ3n) is 3.20. The number of hydrogen-bond donors (Lipinski definition) is 2. The van der Waals surface area contributed by atoms with Crippen molar-refractivity contribution < 1.29 is 14.7 Å². The van der Waals surface area contributed by atoms with E-state index in [0.29, 0.717) is 11.8 Å². The molecule has 1 aromatic rings. The first-order chi connectivity index (χ1) is 9.32. The van der Waals surface area contributed by atoms with E-state index >= 15 is 0 Å². The van der Waals surface area contributed by atoms with Gasteiger partial charge in [-0.1, -0.05) is 45.9 Å². The molecule has 1 amide bonds. The van der Waals surface area contributed by atoms with Gasteiger partial charge in [-0.15, -0.1) is 0 Å². The van der Waals surface area contributed by atoms with Crippen molar-refractivity contribution in [3.05, 3.63) is 29.3 Å². The van der Waals surface area contributed by atoms with E-state index in [2.05, 4.69) is 33.0 Å². The van der Waals surface area contributed by atoms with E-state index in [4.69, 9.17) is 5.11 Å². The van der Waals surface area contributed by atoms with Crippen LogP contribution in [0.2, 0.25) is 0 Å². The molecule has 0 fully saturated rings. The van der Waals surface area contributed by atoms with Gasteiger partial charge in [0.05, 0.1) is 6.42 Å². The van der Waals surface area contributed by atoms with Gasteiger partial charge in [-0.25, -0.2) is 0 Å². The fraction of sp³-hybridized carbons (Fsp3) is 0.500. The van der Waals surface area contributed by atoms with E-state index in [1.165, 1.54) is 0 Å². The summed E-state index contributed by atoms with van der Waals surface area (Å²) >= 11 is 0. The summed E-state index contributed by atoms with van der Waals surface area (Å²) in [5.74, 6) is -0.615. The van der Waals surface area contributed by atoms with Crippen molar-refractivity contribution in [2.45, 2.75) is 52.4 Å². The van der Waals surface area contributed by atoms with Crippen LogP contribution in [0, 0.1) is 0 Å². The van der Waals surface area contributed by atoms with Crippen LogP contribution in [0.3, 0.4) is 0 Å². The number of carboxylic acids is 1. The second-order valence-electron chi connectivity index (χ2n) is 5.56. The summed E-state index contributed by atoms with van der Waals surface area (Å²) in [7, 11) is 0. The minimum absolute atomic E-state index is 0.000696. The highest BCUT2D eigenvalue weighted by molar-refractivity contribution is 5.94. The molecular formula is C16H23NO3. The molecule has 0 aliphatic rings.